The van der Waals surface area contributed by atoms with Crippen molar-refractivity contribution in [2.75, 3.05) is 6.16 Å². The Morgan fingerprint density at radius 3 is 2.45 bits per heavy atom. The normalized spacial score (nSPS) is 16.3. The van der Waals surface area contributed by atoms with Crippen LogP contribution in [-0.2, 0) is 27.0 Å². The van der Waals surface area contributed by atoms with Gasteiger partial charge in [-0.1, -0.05) is 44.2 Å². The minimum absolute atomic E-state index is 0.00649. The fourth-order valence-corrected chi connectivity index (χ4v) is 5.59. The van der Waals surface area contributed by atoms with Gasteiger partial charge in [-0.05, 0) is 24.3 Å². The number of carboxylic acids is 1. The van der Waals surface area contributed by atoms with Gasteiger partial charge in [-0.25, -0.2) is 4.98 Å². The number of nitrogens with one attached hydrogen (secondary N) is 2. The highest BCUT2D eigenvalue weighted by molar-refractivity contribution is 7.58. The van der Waals surface area contributed by atoms with Crippen LogP contribution in [0.4, 0.5) is 0 Å². The largest absolute Gasteiger partial charge is 0.481 e. The van der Waals surface area contributed by atoms with Gasteiger partial charge in [-0.15, -0.1) is 0 Å². The van der Waals surface area contributed by atoms with Gasteiger partial charge in [-0.3, -0.25) is 14.2 Å². The lowest BCUT2D eigenvalue weighted by atomic mass is 10.0. The van der Waals surface area contributed by atoms with E-state index in [-0.39, 0.29) is 25.2 Å². The van der Waals surface area contributed by atoms with E-state index in [9.17, 15) is 24.2 Å². The van der Waals surface area contributed by atoms with E-state index in [2.05, 4.69) is 15.3 Å². The Morgan fingerprint density at radius 1 is 1.23 bits per heavy atom. The number of carboxylic acid groups (broad SMARTS) is 1. The number of aliphatic carboxylic acids is 1. The number of imidazole rings is 1. The average Bonchev–Trinajstić information content (AvgIpc) is 3.20. The maximum atomic E-state index is 13.3. The van der Waals surface area contributed by atoms with Crippen LogP contribution in [0, 0.1) is 11.8 Å². The first-order chi connectivity index (χ1) is 14.6. The summed E-state index contributed by atoms with van der Waals surface area (Å²) in [6.07, 6.45) is 3.14. The van der Waals surface area contributed by atoms with Crippen LogP contribution >= 0.6 is 7.37 Å². The third kappa shape index (κ3) is 7.94. The smallest absolute Gasteiger partial charge is 0.307 e. The van der Waals surface area contributed by atoms with Crippen LogP contribution in [0.1, 0.15) is 31.5 Å². The van der Waals surface area contributed by atoms with Crippen LogP contribution in [0.15, 0.2) is 42.9 Å². The van der Waals surface area contributed by atoms with Gasteiger partial charge < -0.3 is 26.0 Å². The van der Waals surface area contributed by atoms with Crippen molar-refractivity contribution in [3.05, 3.63) is 54.1 Å². The first-order valence-electron chi connectivity index (χ1n) is 10.2. The zero-order chi connectivity index (χ0) is 23.0. The van der Waals surface area contributed by atoms with E-state index in [1.54, 1.807) is 30.5 Å². The number of carbonyl (C=O) groups is 2. The molecule has 1 amide bonds. The predicted molar refractivity (Wildman–Crippen MR) is 118 cm³/mol. The molecule has 1 heterocycles. The standard InChI is InChI=1S/C21H31N4O5P/c1-14(2)8-19(25-20(26)18(22)10-17-11-23-13-24-17)31(29,30)12-16(21(27)28)9-15-6-4-3-5-7-15/h3-7,11,13-14,16,18-19H,8-10,12,22H2,1-2H3,(H,23,24)(H,25,26)(H,27,28)(H,29,30)/t16-,18+,19+/m1/s1. The second-order valence-corrected chi connectivity index (χ2v) is 10.7. The van der Waals surface area contributed by atoms with Gasteiger partial charge in [0, 0.05) is 24.5 Å². The van der Waals surface area contributed by atoms with E-state index in [1.807, 2.05) is 19.9 Å². The number of nitrogens with zero attached hydrogens (tertiary/aromatic N) is 1. The molecule has 1 aromatic heterocycles. The molecule has 0 aliphatic rings. The highest BCUT2D eigenvalue weighted by Gasteiger charge is 2.38. The lowest BCUT2D eigenvalue weighted by molar-refractivity contribution is -0.141. The highest BCUT2D eigenvalue weighted by Crippen LogP contribution is 2.49. The quantitative estimate of drug-likeness (QED) is 0.309. The Kier molecular flexibility index (Phi) is 8.98. The van der Waals surface area contributed by atoms with Crippen molar-refractivity contribution in [3.8, 4) is 0 Å². The third-order valence-electron chi connectivity index (χ3n) is 4.98. The molecule has 10 heteroatoms. The molecular weight excluding hydrogens is 419 g/mol. The van der Waals surface area contributed by atoms with Gasteiger partial charge in [0.15, 0.2) is 0 Å². The molecule has 0 bridgehead atoms. The molecule has 2 aromatic rings. The van der Waals surface area contributed by atoms with E-state index in [1.165, 1.54) is 6.33 Å². The second kappa shape index (κ2) is 11.2. The average molecular weight is 450 g/mol. The molecule has 0 aliphatic carbocycles. The molecule has 0 saturated carbocycles. The molecule has 0 radical (unpaired) electrons. The zero-order valence-electron chi connectivity index (χ0n) is 17.8. The van der Waals surface area contributed by atoms with E-state index < -0.39 is 43.1 Å². The third-order valence-corrected chi connectivity index (χ3v) is 7.26. The van der Waals surface area contributed by atoms with E-state index >= 15 is 0 Å². The number of H-pyrrole nitrogens is 1. The molecule has 1 aromatic carbocycles. The van der Waals surface area contributed by atoms with Gasteiger partial charge in [0.1, 0.15) is 5.78 Å². The summed E-state index contributed by atoms with van der Waals surface area (Å²) in [5.74, 6) is -3.84. The molecular formula is C21H31N4O5P. The summed E-state index contributed by atoms with van der Waals surface area (Å²) in [5.41, 5.74) is 7.39. The Bertz CT molecular complexity index is 888. The Morgan fingerprint density at radius 2 is 1.90 bits per heavy atom. The molecule has 0 spiro atoms. The second-order valence-electron chi connectivity index (χ2n) is 8.20. The van der Waals surface area contributed by atoms with Gasteiger partial charge in [0.2, 0.25) is 13.3 Å². The number of hydrogen-bond acceptors (Lipinski definition) is 5. The first kappa shape index (κ1) is 24.8. The fraction of sp³-hybridized carbons (Fsp3) is 0.476. The van der Waals surface area contributed by atoms with Crippen molar-refractivity contribution < 1.29 is 24.2 Å². The van der Waals surface area contributed by atoms with E-state index in [0.29, 0.717) is 5.69 Å². The molecule has 170 valence electrons. The number of aromatic amines is 1. The van der Waals surface area contributed by atoms with Gasteiger partial charge in [0.25, 0.3) is 0 Å². The summed E-state index contributed by atoms with van der Waals surface area (Å²) in [5, 5.41) is 12.2. The number of aromatic nitrogens is 2. The summed E-state index contributed by atoms with van der Waals surface area (Å²) in [4.78, 5) is 41.9. The number of nitrogens with two attached hydrogens (primary N) is 1. The van der Waals surface area contributed by atoms with Crippen molar-refractivity contribution in [2.24, 2.45) is 17.6 Å². The number of carbonyl (C=O) groups excluding carboxylic acids is 1. The van der Waals surface area contributed by atoms with Crippen molar-refractivity contribution in [1.29, 1.82) is 0 Å². The summed E-state index contributed by atoms with van der Waals surface area (Å²) < 4.78 is 13.3. The lowest BCUT2D eigenvalue weighted by Gasteiger charge is -2.28. The van der Waals surface area contributed by atoms with Crippen LogP contribution in [-0.4, -0.2) is 49.8 Å². The molecule has 0 saturated heterocycles. The molecule has 0 fully saturated rings. The molecule has 0 aliphatic heterocycles. The van der Waals surface area contributed by atoms with Crippen LogP contribution in [0.25, 0.3) is 0 Å². The predicted octanol–water partition coefficient (Wildman–Crippen LogP) is 1.98. The summed E-state index contributed by atoms with van der Waals surface area (Å²) >= 11 is 0. The van der Waals surface area contributed by atoms with Crippen molar-refractivity contribution >= 4 is 19.2 Å². The van der Waals surface area contributed by atoms with Crippen molar-refractivity contribution in [3.63, 3.8) is 0 Å². The van der Waals surface area contributed by atoms with Gasteiger partial charge >= 0.3 is 5.97 Å². The molecule has 2 rings (SSSR count). The van der Waals surface area contributed by atoms with Crippen LogP contribution in [0.3, 0.4) is 0 Å². The maximum absolute atomic E-state index is 13.3. The number of hydrogen-bond donors (Lipinski definition) is 5. The molecule has 4 atom stereocenters. The minimum Gasteiger partial charge on any atom is -0.481 e. The Hall–Kier alpha value is -2.48. The van der Waals surface area contributed by atoms with E-state index in [4.69, 9.17) is 5.73 Å². The minimum atomic E-state index is -4.06. The fourth-order valence-electron chi connectivity index (χ4n) is 3.34. The highest BCUT2D eigenvalue weighted by atomic mass is 31.2. The molecule has 31 heavy (non-hydrogen) atoms. The molecule has 9 nitrogen and oxygen atoms in total. The van der Waals surface area contributed by atoms with Gasteiger partial charge in [0.05, 0.1) is 18.3 Å². The number of benzene rings is 1. The Labute approximate surface area is 181 Å². The SMILES string of the molecule is CC(C)C[C@@H](NC(=O)[C@@H](N)Cc1cnc[nH]1)P(=O)(O)C[C@@H](Cc1ccccc1)C(=O)O. The summed E-state index contributed by atoms with van der Waals surface area (Å²) in [7, 11) is -4.06. The summed E-state index contributed by atoms with van der Waals surface area (Å²) in [6, 6.07) is 8.01. The van der Waals surface area contributed by atoms with Crippen LogP contribution in [0.5, 0.6) is 0 Å². The Balaban J connectivity index is 2.12. The molecule has 6 N–H and O–H groups in total. The van der Waals surface area contributed by atoms with E-state index in [0.717, 1.165) is 5.56 Å². The molecule has 1 unspecified atom stereocenters. The topological polar surface area (TPSA) is 158 Å². The maximum Gasteiger partial charge on any atom is 0.307 e. The zero-order valence-corrected chi connectivity index (χ0v) is 18.7. The lowest BCUT2D eigenvalue weighted by Crippen LogP contribution is -2.47. The van der Waals surface area contributed by atoms with Crippen molar-refractivity contribution in [1.82, 2.24) is 15.3 Å². The van der Waals surface area contributed by atoms with Crippen LogP contribution in [0.2, 0.25) is 0 Å². The monoisotopic (exact) mass is 450 g/mol. The summed E-state index contributed by atoms with van der Waals surface area (Å²) in [6.45, 7) is 3.73. The van der Waals surface area contributed by atoms with Crippen molar-refractivity contribution in [2.45, 2.75) is 44.9 Å². The number of amides is 1. The number of rotatable bonds is 12. The first-order valence-corrected chi connectivity index (χ1v) is 12.1. The van der Waals surface area contributed by atoms with Crippen LogP contribution < -0.4 is 11.1 Å². The van der Waals surface area contributed by atoms with Gasteiger partial charge in [-0.2, -0.15) is 0 Å².